The molecule has 1 aromatic rings. The lowest BCUT2D eigenvalue weighted by atomic mass is 10.0. The van der Waals surface area contributed by atoms with Gasteiger partial charge in [0.2, 0.25) is 0 Å². The Bertz CT molecular complexity index is 381. The molecule has 0 bridgehead atoms. The fraction of sp³-hybridized carbons (Fsp3) is 0.647. The molecule has 1 nitrogen and oxygen atoms in total. The first-order chi connectivity index (χ1) is 9.69. The van der Waals surface area contributed by atoms with E-state index in [0.29, 0.717) is 11.3 Å². The van der Waals surface area contributed by atoms with Crippen LogP contribution in [0.1, 0.15) is 69.2 Å². The van der Waals surface area contributed by atoms with Crippen molar-refractivity contribution in [1.82, 2.24) is 0 Å². The van der Waals surface area contributed by atoms with Gasteiger partial charge in [-0.15, -0.1) is 11.6 Å². The second-order valence-electron chi connectivity index (χ2n) is 5.26. The first kappa shape index (κ1) is 17.3. The van der Waals surface area contributed by atoms with E-state index in [4.69, 9.17) is 16.3 Å². The first-order valence-electron chi connectivity index (χ1n) is 7.66. The molecule has 0 aromatic heterocycles. The SMILES string of the molecule is CCCCCCCCCC(Cl)c1ccc(OC)cc1F. The molecular formula is C17H26ClFO. The van der Waals surface area contributed by atoms with E-state index in [9.17, 15) is 4.39 Å². The minimum absolute atomic E-state index is 0.239. The minimum Gasteiger partial charge on any atom is -0.497 e. The Balaban J connectivity index is 2.27. The van der Waals surface area contributed by atoms with Crippen LogP contribution in [0.3, 0.4) is 0 Å². The summed E-state index contributed by atoms with van der Waals surface area (Å²) in [5, 5.41) is -0.239. The zero-order chi connectivity index (χ0) is 14.8. The molecule has 0 radical (unpaired) electrons. The third-order valence-electron chi connectivity index (χ3n) is 3.61. The van der Waals surface area contributed by atoms with E-state index in [0.717, 1.165) is 12.8 Å². The molecule has 0 spiro atoms. The second-order valence-corrected chi connectivity index (χ2v) is 5.79. The Kier molecular flexibility index (Phi) is 8.68. The van der Waals surface area contributed by atoms with Gasteiger partial charge in [-0.25, -0.2) is 4.39 Å². The molecule has 0 aliphatic carbocycles. The van der Waals surface area contributed by atoms with Gasteiger partial charge >= 0.3 is 0 Å². The van der Waals surface area contributed by atoms with E-state index in [-0.39, 0.29) is 11.2 Å². The maximum atomic E-state index is 13.8. The van der Waals surface area contributed by atoms with Crippen molar-refractivity contribution < 1.29 is 9.13 Å². The van der Waals surface area contributed by atoms with Gasteiger partial charge in [-0.1, -0.05) is 57.9 Å². The summed E-state index contributed by atoms with van der Waals surface area (Å²) in [4.78, 5) is 0. The van der Waals surface area contributed by atoms with Gasteiger partial charge in [0.05, 0.1) is 12.5 Å². The zero-order valence-corrected chi connectivity index (χ0v) is 13.4. The highest BCUT2D eigenvalue weighted by Crippen LogP contribution is 2.30. The van der Waals surface area contributed by atoms with E-state index >= 15 is 0 Å². The summed E-state index contributed by atoms with van der Waals surface area (Å²) >= 11 is 6.29. The van der Waals surface area contributed by atoms with Gasteiger partial charge in [0.1, 0.15) is 11.6 Å². The largest absolute Gasteiger partial charge is 0.497 e. The van der Waals surface area contributed by atoms with Crippen molar-refractivity contribution in [3.8, 4) is 5.75 Å². The highest BCUT2D eigenvalue weighted by atomic mass is 35.5. The van der Waals surface area contributed by atoms with Crippen LogP contribution < -0.4 is 4.74 Å². The van der Waals surface area contributed by atoms with Crippen molar-refractivity contribution in [1.29, 1.82) is 0 Å². The van der Waals surface area contributed by atoms with Crippen molar-refractivity contribution in [2.24, 2.45) is 0 Å². The highest BCUT2D eigenvalue weighted by molar-refractivity contribution is 6.20. The van der Waals surface area contributed by atoms with Gasteiger partial charge in [0.15, 0.2) is 0 Å². The molecule has 1 unspecified atom stereocenters. The average Bonchev–Trinajstić information content (AvgIpc) is 2.45. The molecule has 3 heteroatoms. The minimum atomic E-state index is -0.271. The highest BCUT2D eigenvalue weighted by Gasteiger charge is 2.13. The fourth-order valence-corrected chi connectivity index (χ4v) is 2.66. The van der Waals surface area contributed by atoms with Crippen LogP contribution in [0.25, 0.3) is 0 Å². The van der Waals surface area contributed by atoms with Crippen LogP contribution in [-0.4, -0.2) is 7.11 Å². The standard InChI is InChI=1S/C17H26ClFO/c1-3-4-5-6-7-8-9-10-16(18)15-12-11-14(20-2)13-17(15)19/h11-13,16H,3-10H2,1-2H3. The molecule has 1 rings (SSSR count). The number of hydrogen-bond donors (Lipinski definition) is 0. The van der Waals surface area contributed by atoms with Crippen molar-refractivity contribution >= 4 is 11.6 Å². The van der Waals surface area contributed by atoms with Gasteiger partial charge in [0, 0.05) is 11.6 Å². The smallest absolute Gasteiger partial charge is 0.131 e. The number of rotatable bonds is 10. The fourth-order valence-electron chi connectivity index (χ4n) is 2.33. The summed E-state index contributed by atoms with van der Waals surface area (Å²) in [6.45, 7) is 2.22. The second kappa shape index (κ2) is 10.0. The summed E-state index contributed by atoms with van der Waals surface area (Å²) < 4.78 is 18.8. The average molecular weight is 301 g/mol. The van der Waals surface area contributed by atoms with Crippen molar-refractivity contribution in [2.45, 2.75) is 63.7 Å². The number of benzene rings is 1. The number of methoxy groups -OCH3 is 1. The number of alkyl halides is 1. The van der Waals surface area contributed by atoms with E-state index in [1.807, 2.05) is 0 Å². The van der Waals surface area contributed by atoms with Gasteiger partial charge < -0.3 is 4.74 Å². The third kappa shape index (κ3) is 6.13. The Hall–Kier alpha value is -0.760. The van der Waals surface area contributed by atoms with Crippen LogP contribution in [0.15, 0.2) is 18.2 Å². The summed E-state index contributed by atoms with van der Waals surface area (Å²) in [5.74, 6) is 0.262. The number of ether oxygens (including phenoxy) is 1. The van der Waals surface area contributed by atoms with Crippen molar-refractivity contribution in [3.63, 3.8) is 0 Å². The van der Waals surface area contributed by atoms with E-state index in [1.165, 1.54) is 51.7 Å². The molecule has 20 heavy (non-hydrogen) atoms. The topological polar surface area (TPSA) is 9.23 Å². The summed E-state index contributed by atoms with van der Waals surface area (Å²) in [7, 11) is 1.53. The van der Waals surface area contributed by atoms with Crippen molar-refractivity contribution in [2.75, 3.05) is 7.11 Å². The predicted molar refractivity (Wildman–Crippen MR) is 84.2 cm³/mol. The van der Waals surface area contributed by atoms with Crippen LogP contribution in [0.4, 0.5) is 4.39 Å². The Labute approximate surface area is 127 Å². The number of halogens is 2. The molecule has 0 saturated heterocycles. The van der Waals surface area contributed by atoms with Gasteiger partial charge in [-0.2, -0.15) is 0 Å². The summed E-state index contributed by atoms with van der Waals surface area (Å²) in [5.41, 5.74) is 0.582. The predicted octanol–water partition coefficient (Wildman–Crippen LogP) is 6.25. The molecule has 1 atom stereocenters. The molecule has 0 aliphatic rings. The van der Waals surface area contributed by atoms with Crippen LogP contribution in [-0.2, 0) is 0 Å². The number of hydrogen-bond acceptors (Lipinski definition) is 1. The van der Waals surface area contributed by atoms with Crippen LogP contribution >= 0.6 is 11.6 Å². The molecule has 0 amide bonds. The van der Waals surface area contributed by atoms with Crippen LogP contribution in [0.2, 0.25) is 0 Å². The van der Waals surface area contributed by atoms with E-state index in [2.05, 4.69) is 6.92 Å². The van der Waals surface area contributed by atoms with Gasteiger partial charge in [-0.3, -0.25) is 0 Å². The van der Waals surface area contributed by atoms with Crippen LogP contribution in [0, 0.1) is 5.82 Å². The van der Waals surface area contributed by atoms with Crippen molar-refractivity contribution in [3.05, 3.63) is 29.6 Å². The number of unbranched alkanes of at least 4 members (excludes halogenated alkanes) is 6. The normalized spacial score (nSPS) is 12.4. The Morgan fingerprint density at radius 2 is 1.75 bits per heavy atom. The zero-order valence-electron chi connectivity index (χ0n) is 12.6. The Morgan fingerprint density at radius 3 is 2.35 bits per heavy atom. The molecule has 0 aliphatic heterocycles. The van der Waals surface area contributed by atoms with Gasteiger partial charge in [-0.05, 0) is 12.5 Å². The molecule has 1 aromatic carbocycles. The maximum Gasteiger partial charge on any atom is 0.131 e. The van der Waals surface area contributed by atoms with Crippen LogP contribution in [0.5, 0.6) is 5.75 Å². The lowest BCUT2D eigenvalue weighted by molar-refractivity contribution is 0.410. The molecule has 114 valence electrons. The van der Waals surface area contributed by atoms with Gasteiger partial charge in [0.25, 0.3) is 0 Å². The lowest BCUT2D eigenvalue weighted by Crippen LogP contribution is -1.96. The molecule has 0 N–H and O–H groups in total. The third-order valence-corrected chi connectivity index (χ3v) is 4.06. The summed E-state index contributed by atoms with van der Waals surface area (Å²) in [6, 6.07) is 4.89. The molecular weight excluding hydrogens is 275 g/mol. The maximum absolute atomic E-state index is 13.8. The van der Waals surface area contributed by atoms with E-state index < -0.39 is 0 Å². The summed E-state index contributed by atoms with van der Waals surface area (Å²) in [6.07, 6.45) is 9.57. The molecule has 0 saturated carbocycles. The Morgan fingerprint density at radius 1 is 1.10 bits per heavy atom. The quantitative estimate of drug-likeness (QED) is 0.366. The molecule has 0 heterocycles. The lowest BCUT2D eigenvalue weighted by Gasteiger charge is -2.11. The monoisotopic (exact) mass is 300 g/mol. The first-order valence-corrected chi connectivity index (χ1v) is 8.10. The van der Waals surface area contributed by atoms with E-state index in [1.54, 1.807) is 12.1 Å². The molecule has 0 fully saturated rings.